The Morgan fingerprint density at radius 2 is 1.90 bits per heavy atom. The van der Waals surface area contributed by atoms with Crippen molar-refractivity contribution in [1.82, 2.24) is 20.1 Å². The fraction of sp³-hybridized carbons (Fsp3) is 0.250. The van der Waals surface area contributed by atoms with Crippen LogP contribution in [0.4, 0.5) is 0 Å². The van der Waals surface area contributed by atoms with E-state index < -0.39 is 0 Å². The van der Waals surface area contributed by atoms with Gasteiger partial charge in [0, 0.05) is 47.3 Å². The fourth-order valence-electron chi connectivity index (χ4n) is 3.97. The first-order valence-corrected chi connectivity index (χ1v) is 11.2. The van der Waals surface area contributed by atoms with Gasteiger partial charge in [0.1, 0.15) is 0 Å². The van der Waals surface area contributed by atoms with Gasteiger partial charge in [0.15, 0.2) is 0 Å². The predicted molar refractivity (Wildman–Crippen MR) is 120 cm³/mol. The van der Waals surface area contributed by atoms with Crippen molar-refractivity contribution >= 4 is 17.2 Å². The van der Waals surface area contributed by atoms with Crippen molar-refractivity contribution < 1.29 is 9.21 Å². The molecule has 1 unspecified atom stereocenters. The Kier molecular flexibility index (Phi) is 5.34. The predicted octanol–water partition coefficient (Wildman–Crippen LogP) is 5.19. The normalized spacial score (nSPS) is 16.4. The highest BCUT2D eigenvalue weighted by atomic mass is 32.1. The highest BCUT2D eigenvalue weighted by Gasteiger charge is 2.27. The van der Waals surface area contributed by atoms with E-state index in [-0.39, 0.29) is 5.91 Å². The number of hydrogen-bond acceptors (Lipinski definition) is 6. The third-order valence-electron chi connectivity index (χ3n) is 5.58. The molecule has 7 heteroatoms. The van der Waals surface area contributed by atoms with Gasteiger partial charge >= 0.3 is 0 Å². The molecule has 156 valence electrons. The Morgan fingerprint density at radius 3 is 2.65 bits per heavy atom. The summed E-state index contributed by atoms with van der Waals surface area (Å²) in [5, 5.41) is 11.5. The van der Waals surface area contributed by atoms with Gasteiger partial charge in [0.2, 0.25) is 11.8 Å². The summed E-state index contributed by atoms with van der Waals surface area (Å²) in [7, 11) is 0. The molecule has 1 aliphatic rings. The molecule has 1 fully saturated rings. The average molecular weight is 431 g/mol. The Hall–Kier alpha value is -3.32. The molecule has 2 aromatic heterocycles. The van der Waals surface area contributed by atoms with Crippen LogP contribution < -0.4 is 0 Å². The minimum atomic E-state index is 0.0544. The molecule has 0 saturated carbocycles. The Bertz CT molecular complexity index is 1180. The van der Waals surface area contributed by atoms with Crippen LogP contribution in [0.2, 0.25) is 0 Å². The number of carbonyl (C=O) groups excluding carboxylic acids is 1. The van der Waals surface area contributed by atoms with Crippen molar-refractivity contribution in [3.05, 3.63) is 76.2 Å². The zero-order chi connectivity index (χ0) is 21.2. The van der Waals surface area contributed by atoms with E-state index >= 15 is 0 Å². The number of amides is 1. The molecular formula is C24H22N4O2S. The third kappa shape index (κ3) is 4.14. The van der Waals surface area contributed by atoms with E-state index in [1.165, 1.54) is 0 Å². The maximum Gasteiger partial charge on any atom is 0.253 e. The molecular weight excluding hydrogens is 408 g/mol. The lowest BCUT2D eigenvalue weighted by Crippen LogP contribution is -2.39. The van der Waals surface area contributed by atoms with Crippen LogP contribution in [0.25, 0.3) is 22.9 Å². The Balaban J connectivity index is 1.30. The van der Waals surface area contributed by atoms with E-state index in [4.69, 9.17) is 4.42 Å². The van der Waals surface area contributed by atoms with Gasteiger partial charge in [-0.2, -0.15) is 0 Å². The Labute approximate surface area is 184 Å². The molecule has 31 heavy (non-hydrogen) atoms. The number of likely N-dealkylation sites (tertiary alicyclic amines) is 1. The molecule has 0 N–H and O–H groups in total. The number of thiazole rings is 1. The average Bonchev–Trinajstić information content (AvgIpc) is 3.52. The molecule has 0 radical (unpaired) electrons. The number of carbonyl (C=O) groups is 1. The van der Waals surface area contributed by atoms with Crippen LogP contribution in [-0.2, 0) is 0 Å². The zero-order valence-corrected chi connectivity index (χ0v) is 18.0. The van der Waals surface area contributed by atoms with Crippen LogP contribution in [0.3, 0.4) is 0 Å². The molecule has 0 bridgehead atoms. The van der Waals surface area contributed by atoms with E-state index in [1.54, 1.807) is 11.3 Å². The molecule has 5 rings (SSSR count). The minimum absolute atomic E-state index is 0.0544. The van der Waals surface area contributed by atoms with Crippen LogP contribution >= 0.6 is 11.3 Å². The van der Waals surface area contributed by atoms with Crippen LogP contribution in [0.1, 0.15) is 39.7 Å². The quantitative estimate of drug-likeness (QED) is 0.446. The maximum atomic E-state index is 13.0. The number of aryl methyl sites for hydroxylation is 1. The highest BCUT2D eigenvalue weighted by molar-refractivity contribution is 7.09. The molecule has 2 aromatic carbocycles. The first-order chi connectivity index (χ1) is 15.2. The summed E-state index contributed by atoms with van der Waals surface area (Å²) >= 11 is 1.67. The second kappa shape index (κ2) is 8.43. The fourth-order valence-corrected chi connectivity index (χ4v) is 4.74. The molecule has 3 heterocycles. The highest BCUT2D eigenvalue weighted by Crippen LogP contribution is 2.29. The van der Waals surface area contributed by atoms with Gasteiger partial charge in [0.25, 0.3) is 5.91 Å². The number of benzene rings is 2. The summed E-state index contributed by atoms with van der Waals surface area (Å²) < 4.78 is 5.86. The van der Waals surface area contributed by atoms with Gasteiger partial charge in [0.05, 0.1) is 5.01 Å². The molecule has 6 nitrogen and oxygen atoms in total. The zero-order valence-electron chi connectivity index (χ0n) is 17.2. The summed E-state index contributed by atoms with van der Waals surface area (Å²) in [5.74, 6) is 1.31. The standard InChI is InChI=1S/C24H22N4O2S/c1-16-4-2-5-19(14-16)22-27-26-21(30-22)17-7-9-18(10-8-17)24(29)28-12-3-6-20(15-28)23-25-11-13-31-23/h2,4-5,7-11,13-14,20H,3,6,12,15H2,1H3. The SMILES string of the molecule is Cc1cccc(-c2nnc(-c3ccc(C(=O)N4CCCC(c5nccs5)C4)cc3)o2)c1. The lowest BCUT2D eigenvalue weighted by Gasteiger charge is -2.32. The van der Waals surface area contributed by atoms with E-state index in [1.807, 2.05) is 71.9 Å². The number of rotatable bonds is 4. The van der Waals surface area contributed by atoms with E-state index in [0.29, 0.717) is 23.3 Å². The summed E-state index contributed by atoms with van der Waals surface area (Å²) in [4.78, 5) is 19.4. The smallest absolute Gasteiger partial charge is 0.253 e. The number of hydrogen-bond donors (Lipinski definition) is 0. The molecule has 1 atom stereocenters. The molecule has 0 spiro atoms. The van der Waals surface area contributed by atoms with Crippen LogP contribution in [0, 0.1) is 6.92 Å². The summed E-state index contributed by atoms with van der Waals surface area (Å²) in [6, 6.07) is 15.3. The number of piperidine rings is 1. The second-order valence-corrected chi connectivity index (χ2v) is 8.75. The van der Waals surface area contributed by atoms with Crippen molar-refractivity contribution in [2.75, 3.05) is 13.1 Å². The van der Waals surface area contributed by atoms with Gasteiger partial charge in [-0.1, -0.05) is 17.7 Å². The van der Waals surface area contributed by atoms with E-state index in [9.17, 15) is 4.79 Å². The molecule has 4 aromatic rings. The monoisotopic (exact) mass is 430 g/mol. The van der Waals surface area contributed by atoms with Crippen molar-refractivity contribution in [2.24, 2.45) is 0 Å². The van der Waals surface area contributed by atoms with Crippen molar-refractivity contribution in [2.45, 2.75) is 25.7 Å². The van der Waals surface area contributed by atoms with Gasteiger partial charge in [-0.3, -0.25) is 4.79 Å². The molecule has 1 aliphatic heterocycles. The van der Waals surface area contributed by atoms with Crippen LogP contribution in [0.5, 0.6) is 0 Å². The third-order valence-corrected chi connectivity index (χ3v) is 6.52. The maximum absolute atomic E-state index is 13.0. The number of nitrogens with zero attached hydrogens (tertiary/aromatic N) is 4. The summed E-state index contributed by atoms with van der Waals surface area (Å²) in [5.41, 5.74) is 3.49. The molecule has 1 amide bonds. The van der Waals surface area contributed by atoms with E-state index in [0.717, 1.165) is 47.6 Å². The van der Waals surface area contributed by atoms with E-state index in [2.05, 4.69) is 15.2 Å². The molecule has 0 aliphatic carbocycles. The van der Waals surface area contributed by atoms with Gasteiger partial charge in [-0.25, -0.2) is 4.98 Å². The topological polar surface area (TPSA) is 72.1 Å². The van der Waals surface area contributed by atoms with Crippen molar-refractivity contribution in [3.63, 3.8) is 0 Å². The molecule has 1 saturated heterocycles. The minimum Gasteiger partial charge on any atom is -0.416 e. The Morgan fingerprint density at radius 1 is 1.10 bits per heavy atom. The van der Waals surface area contributed by atoms with Gasteiger partial charge < -0.3 is 9.32 Å². The lowest BCUT2D eigenvalue weighted by molar-refractivity contribution is 0.0707. The largest absolute Gasteiger partial charge is 0.416 e. The van der Waals surface area contributed by atoms with Crippen LogP contribution in [0.15, 0.2) is 64.5 Å². The van der Waals surface area contributed by atoms with Crippen LogP contribution in [-0.4, -0.2) is 39.1 Å². The summed E-state index contributed by atoms with van der Waals surface area (Å²) in [6.45, 7) is 3.53. The summed E-state index contributed by atoms with van der Waals surface area (Å²) in [6.07, 6.45) is 3.91. The first kappa shape index (κ1) is 19.6. The number of aromatic nitrogens is 3. The first-order valence-electron chi connectivity index (χ1n) is 10.4. The second-order valence-electron chi connectivity index (χ2n) is 7.82. The lowest BCUT2D eigenvalue weighted by atomic mass is 9.98. The van der Waals surface area contributed by atoms with Gasteiger partial charge in [-0.15, -0.1) is 21.5 Å². The van der Waals surface area contributed by atoms with Gasteiger partial charge in [-0.05, 0) is 56.2 Å². The van der Waals surface area contributed by atoms with Crippen molar-refractivity contribution in [1.29, 1.82) is 0 Å². The van der Waals surface area contributed by atoms with Crippen molar-refractivity contribution in [3.8, 4) is 22.9 Å².